The summed E-state index contributed by atoms with van der Waals surface area (Å²) in [4.78, 5) is 12.0. The zero-order valence-electron chi connectivity index (χ0n) is 17.2. The molecule has 0 spiro atoms. The van der Waals surface area contributed by atoms with Gasteiger partial charge < -0.3 is 19.7 Å². The van der Waals surface area contributed by atoms with Crippen molar-refractivity contribution in [2.75, 3.05) is 25.0 Å². The average Bonchev–Trinajstić information content (AvgIpc) is 3.16. The Kier molecular flexibility index (Phi) is 7.80. The van der Waals surface area contributed by atoms with Crippen LogP contribution in [0.2, 0.25) is 4.34 Å². The summed E-state index contributed by atoms with van der Waals surface area (Å²) < 4.78 is 52.3. The first kappa shape index (κ1) is 24.8. The number of aliphatic hydroxyl groups is 1. The van der Waals surface area contributed by atoms with Gasteiger partial charge in [0, 0.05) is 30.2 Å². The summed E-state index contributed by atoms with van der Waals surface area (Å²) in [6, 6.07) is 9.20. The molecule has 33 heavy (non-hydrogen) atoms. The number of benzene rings is 2. The van der Waals surface area contributed by atoms with Crippen LogP contribution in [0.3, 0.4) is 0 Å². The van der Waals surface area contributed by atoms with E-state index in [0.717, 1.165) is 17.4 Å². The highest BCUT2D eigenvalue weighted by Crippen LogP contribution is 2.41. The molecule has 0 fully saturated rings. The fraction of sp³-hybridized carbons (Fsp3) is 0.190. The Hall–Kier alpha value is -2.86. The van der Waals surface area contributed by atoms with Gasteiger partial charge in [-0.05, 0) is 24.3 Å². The van der Waals surface area contributed by atoms with Gasteiger partial charge in [-0.3, -0.25) is 4.72 Å². The number of thiophene rings is 1. The Bertz CT molecular complexity index is 1280. The molecule has 0 amide bonds. The van der Waals surface area contributed by atoms with Crippen LogP contribution in [0.25, 0.3) is 11.1 Å². The van der Waals surface area contributed by atoms with E-state index in [1.54, 1.807) is 6.07 Å². The number of sulfonamides is 1. The third-order valence-corrected chi connectivity index (χ3v) is 7.62. The van der Waals surface area contributed by atoms with Crippen molar-refractivity contribution < 1.29 is 37.3 Å². The predicted molar refractivity (Wildman–Crippen MR) is 122 cm³/mol. The third-order valence-electron chi connectivity index (χ3n) is 4.41. The van der Waals surface area contributed by atoms with Gasteiger partial charge >= 0.3 is 5.97 Å². The van der Waals surface area contributed by atoms with Crippen LogP contribution >= 0.6 is 22.9 Å². The number of phenols is 1. The predicted octanol–water partition coefficient (Wildman–Crippen LogP) is 4.26. The normalized spacial score (nSPS) is 11.3. The zero-order chi connectivity index (χ0) is 24.2. The van der Waals surface area contributed by atoms with Crippen molar-refractivity contribution in [2.45, 2.75) is 10.6 Å². The van der Waals surface area contributed by atoms with Crippen LogP contribution in [0.1, 0.15) is 16.8 Å². The first-order valence-corrected chi connectivity index (χ1v) is 12.1. The Morgan fingerprint density at radius 3 is 2.64 bits per heavy atom. The summed E-state index contributed by atoms with van der Waals surface area (Å²) in [5.74, 6) is -2.00. The van der Waals surface area contributed by atoms with Gasteiger partial charge in [0.25, 0.3) is 10.0 Å². The van der Waals surface area contributed by atoms with E-state index < -0.39 is 27.6 Å². The first-order chi connectivity index (χ1) is 15.7. The van der Waals surface area contributed by atoms with Crippen LogP contribution in [0.15, 0.2) is 46.7 Å². The van der Waals surface area contributed by atoms with Crippen molar-refractivity contribution in [1.82, 2.24) is 0 Å². The van der Waals surface area contributed by atoms with Gasteiger partial charge in [-0.15, -0.1) is 11.3 Å². The standard InChI is InChI=1S/C21H19ClFNO7S2/c1-30-17-5-2-4-13(19(17)23)15-11-18(32-20(15)22)33(28,29)24-12-6-7-14(16(26)10-12)21(27)31-9-3-8-25/h2,4-7,10-11,24-26H,3,8-9H2,1H3. The second-order valence-corrected chi connectivity index (χ2v) is 10.2. The molecule has 12 heteroatoms. The number of hydrogen-bond acceptors (Lipinski definition) is 8. The van der Waals surface area contributed by atoms with E-state index in [-0.39, 0.29) is 56.3 Å². The average molecular weight is 516 g/mol. The van der Waals surface area contributed by atoms with E-state index >= 15 is 0 Å². The Morgan fingerprint density at radius 1 is 1.21 bits per heavy atom. The van der Waals surface area contributed by atoms with Crippen molar-refractivity contribution in [3.05, 3.63) is 58.2 Å². The van der Waals surface area contributed by atoms with Crippen LogP contribution in [0.4, 0.5) is 10.1 Å². The van der Waals surface area contributed by atoms with Crippen molar-refractivity contribution in [2.24, 2.45) is 0 Å². The number of hydrogen-bond donors (Lipinski definition) is 3. The minimum Gasteiger partial charge on any atom is -0.507 e. The summed E-state index contributed by atoms with van der Waals surface area (Å²) in [5, 5.41) is 18.8. The number of carbonyl (C=O) groups is 1. The minimum absolute atomic E-state index is 0.0113. The molecule has 8 nitrogen and oxygen atoms in total. The van der Waals surface area contributed by atoms with Gasteiger partial charge in [-0.25, -0.2) is 17.6 Å². The van der Waals surface area contributed by atoms with Crippen molar-refractivity contribution in [1.29, 1.82) is 0 Å². The monoisotopic (exact) mass is 515 g/mol. The van der Waals surface area contributed by atoms with Crippen LogP contribution < -0.4 is 9.46 Å². The Balaban J connectivity index is 1.84. The van der Waals surface area contributed by atoms with Crippen LogP contribution in [0, 0.1) is 5.82 Å². The molecule has 3 rings (SSSR count). The molecule has 1 aromatic heterocycles. The molecule has 1 heterocycles. The molecule has 0 radical (unpaired) electrons. The van der Waals surface area contributed by atoms with Gasteiger partial charge in [0.05, 0.1) is 19.4 Å². The summed E-state index contributed by atoms with van der Waals surface area (Å²) in [5.41, 5.74) is 0.0879. The fourth-order valence-corrected chi connectivity index (χ4v) is 5.62. The molecular weight excluding hydrogens is 497 g/mol. The van der Waals surface area contributed by atoms with E-state index in [1.165, 1.54) is 37.4 Å². The summed E-state index contributed by atoms with van der Waals surface area (Å²) in [6.07, 6.45) is 0.245. The maximum absolute atomic E-state index is 14.6. The highest BCUT2D eigenvalue weighted by molar-refractivity contribution is 7.94. The molecule has 0 bridgehead atoms. The second kappa shape index (κ2) is 10.4. The zero-order valence-corrected chi connectivity index (χ0v) is 19.6. The number of esters is 1. The Labute approximate surface area is 198 Å². The van der Waals surface area contributed by atoms with Crippen molar-refractivity contribution in [3.8, 4) is 22.6 Å². The van der Waals surface area contributed by atoms with Crippen molar-refractivity contribution >= 4 is 44.6 Å². The number of ether oxygens (including phenoxy) is 2. The summed E-state index contributed by atoms with van der Waals surface area (Å²) in [6.45, 7) is -0.183. The lowest BCUT2D eigenvalue weighted by Crippen LogP contribution is -2.12. The van der Waals surface area contributed by atoms with Gasteiger partial charge in [0.2, 0.25) is 0 Å². The number of phenolic OH excluding ortho intramolecular Hbond substituents is 1. The Morgan fingerprint density at radius 2 is 1.97 bits per heavy atom. The van der Waals surface area contributed by atoms with Crippen LogP contribution in [-0.4, -0.2) is 44.9 Å². The fourth-order valence-electron chi connectivity index (χ4n) is 2.82. The number of carbonyl (C=O) groups excluding carboxylic acids is 1. The SMILES string of the molecule is COc1cccc(-c2cc(S(=O)(=O)Nc3ccc(C(=O)OCCCO)c(O)c3)sc2Cl)c1F. The molecule has 0 saturated carbocycles. The molecule has 0 aliphatic rings. The minimum atomic E-state index is -4.14. The smallest absolute Gasteiger partial charge is 0.341 e. The third kappa shape index (κ3) is 5.56. The van der Waals surface area contributed by atoms with Gasteiger partial charge in [0.15, 0.2) is 11.6 Å². The van der Waals surface area contributed by atoms with Crippen LogP contribution in [-0.2, 0) is 14.8 Å². The number of aromatic hydroxyl groups is 1. The number of anilines is 1. The molecule has 2 aromatic carbocycles. The summed E-state index contributed by atoms with van der Waals surface area (Å²) >= 11 is 6.93. The topological polar surface area (TPSA) is 122 Å². The second-order valence-electron chi connectivity index (χ2n) is 6.63. The van der Waals surface area contributed by atoms with Gasteiger partial charge in [0.1, 0.15) is 19.9 Å². The maximum Gasteiger partial charge on any atom is 0.341 e. The number of methoxy groups -OCH3 is 1. The number of halogens is 2. The van der Waals surface area contributed by atoms with E-state index in [4.69, 9.17) is 26.2 Å². The molecule has 0 aliphatic carbocycles. The van der Waals surface area contributed by atoms with Crippen LogP contribution in [0.5, 0.6) is 11.5 Å². The molecule has 0 aliphatic heterocycles. The van der Waals surface area contributed by atoms with E-state index in [9.17, 15) is 22.7 Å². The highest BCUT2D eigenvalue weighted by atomic mass is 35.5. The molecule has 3 N–H and O–H groups in total. The van der Waals surface area contributed by atoms with E-state index in [0.29, 0.717) is 0 Å². The van der Waals surface area contributed by atoms with E-state index in [2.05, 4.69) is 4.72 Å². The molecule has 176 valence electrons. The largest absolute Gasteiger partial charge is 0.507 e. The molecule has 0 unspecified atom stereocenters. The summed E-state index contributed by atoms with van der Waals surface area (Å²) in [7, 11) is -2.83. The number of rotatable bonds is 9. The molecule has 3 aromatic rings. The maximum atomic E-state index is 14.6. The van der Waals surface area contributed by atoms with Crippen molar-refractivity contribution in [3.63, 3.8) is 0 Å². The lowest BCUT2D eigenvalue weighted by atomic mass is 10.1. The number of nitrogens with one attached hydrogen (secondary N) is 1. The molecule has 0 atom stereocenters. The first-order valence-electron chi connectivity index (χ1n) is 9.44. The highest BCUT2D eigenvalue weighted by Gasteiger charge is 2.23. The molecular formula is C21H19ClFNO7S2. The quantitative estimate of drug-likeness (QED) is 0.287. The van der Waals surface area contributed by atoms with Gasteiger partial charge in [-0.2, -0.15) is 0 Å². The van der Waals surface area contributed by atoms with Gasteiger partial charge in [-0.1, -0.05) is 23.7 Å². The lowest BCUT2D eigenvalue weighted by molar-refractivity contribution is 0.0479. The van der Waals surface area contributed by atoms with E-state index in [1.807, 2.05) is 0 Å². The number of aliphatic hydroxyl groups excluding tert-OH is 1. The lowest BCUT2D eigenvalue weighted by Gasteiger charge is -2.09. The molecule has 0 saturated heterocycles.